The minimum Gasteiger partial charge on any atom is -0.317 e. The number of benzene rings is 2. The maximum absolute atomic E-state index is 13.7. The molecule has 2 aromatic rings. The highest BCUT2D eigenvalue weighted by molar-refractivity contribution is 5.86. The summed E-state index contributed by atoms with van der Waals surface area (Å²) < 4.78 is 13.7. The van der Waals surface area contributed by atoms with Crippen molar-refractivity contribution < 1.29 is 4.39 Å². The van der Waals surface area contributed by atoms with Crippen LogP contribution in [0.4, 0.5) is 4.39 Å². The van der Waals surface area contributed by atoms with Gasteiger partial charge in [0.25, 0.3) is 0 Å². The Morgan fingerprint density at radius 1 is 0.947 bits per heavy atom. The van der Waals surface area contributed by atoms with Crippen LogP contribution in [0, 0.1) is 5.82 Å². The van der Waals surface area contributed by atoms with Gasteiger partial charge in [0.1, 0.15) is 5.82 Å². The van der Waals surface area contributed by atoms with Crippen LogP contribution in [-0.4, -0.2) is 13.1 Å². The fraction of sp³-hybridized carbons (Fsp3) is 0.412. The average molecular weight is 259 g/mol. The van der Waals surface area contributed by atoms with E-state index in [0.29, 0.717) is 0 Å². The van der Waals surface area contributed by atoms with Crippen LogP contribution in [-0.2, 0) is 6.42 Å². The predicted molar refractivity (Wildman–Crippen MR) is 80.0 cm³/mol. The van der Waals surface area contributed by atoms with Crippen molar-refractivity contribution in [2.75, 3.05) is 13.1 Å². The molecule has 0 fully saturated rings. The second-order valence-electron chi connectivity index (χ2n) is 4.96. The highest BCUT2D eigenvalue weighted by Gasteiger charge is 2.04. The minimum atomic E-state index is -0.121. The van der Waals surface area contributed by atoms with Gasteiger partial charge < -0.3 is 5.32 Å². The van der Waals surface area contributed by atoms with E-state index in [9.17, 15) is 4.39 Å². The third-order valence-corrected chi connectivity index (χ3v) is 3.44. The van der Waals surface area contributed by atoms with Crippen molar-refractivity contribution in [2.45, 2.75) is 32.6 Å². The zero-order chi connectivity index (χ0) is 13.5. The Kier molecular flexibility index (Phi) is 5.34. The Balaban J connectivity index is 1.96. The van der Waals surface area contributed by atoms with Gasteiger partial charge in [0.15, 0.2) is 0 Å². The topological polar surface area (TPSA) is 12.0 Å². The van der Waals surface area contributed by atoms with E-state index in [1.807, 2.05) is 30.3 Å². The molecule has 2 aromatic carbocycles. The summed E-state index contributed by atoms with van der Waals surface area (Å²) in [5.41, 5.74) is 1.26. The van der Waals surface area contributed by atoms with E-state index >= 15 is 0 Å². The number of hydrogen-bond donors (Lipinski definition) is 1. The standard InChI is InChI=1S/C17H22FN/c1-2-12-19-13-6-5-7-14-10-11-17(18)16-9-4-3-8-15(14)16/h3-4,8-11,19H,2,5-7,12-13H2,1H3. The van der Waals surface area contributed by atoms with Gasteiger partial charge in [-0.1, -0.05) is 37.3 Å². The van der Waals surface area contributed by atoms with Crippen LogP contribution in [0.15, 0.2) is 36.4 Å². The number of halogens is 1. The minimum absolute atomic E-state index is 0.121. The van der Waals surface area contributed by atoms with Gasteiger partial charge >= 0.3 is 0 Å². The molecule has 0 aliphatic carbocycles. The van der Waals surface area contributed by atoms with Crippen LogP contribution in [0.5, 0.6) is 0 Å². The molecule has 0 heterocycles. The van der Waals surface area contributed by atoms with Gasteiger partial charge in [0.05, 0.1) is 0 Å². The lowest BCUT2D eigenvalue weighted by Crippen LogP contribution is -2.15. The summed E-state index contributed by atoms with van der Waals surface area (Å²) in [6.45, 7) is 4.35. The van der Waals surface area contributed by atoms with Gasteiger partial charge in [-0.2, -0.15) is 0 Å². The number of rotatable bonds is 7. The Morgan fingerprint density at radius 2 is 1.74 bits per heavy atom. The first-order chi connectivity index (χ1) is 9.33. The number of unbranched alkanes of at least 4 members (excludes halogenated alkanes) is 1. The van der Waals surface area contributed by atoms with E-state index in [2.05, 4.69) is 12.2 Å². The van der Waals surface area contributed by atoms with E-state index in [1.54, 1.807) is 6.07 Å². The molecule has 102 valence electrons. The van der Waals surface area contributed by atoms with Crippen molar-refractivity contribution in [1.82, 2.24) is 5.32 Å². The fourth-order valence-corrected chi connectivity index (χ4v) is 2.41. The van der Waals surface area contributed by atoms with Gasteiger partial charge in [0.2, 0.25) is 0 Å². The maximum Gasteiger partial charge on any atom is 0.131 e. The lowest BCUT2D eigenvalue weighted by molar-refractivity contribution is 0.616. The maximum atomic E-state index is 13.7. The van der Waals surface area contributed by atoms with E-state index < -0.39 is 0 Å². The van der Waals surface area contributed by atoms with Gasteiger partial charge in [0, 0.05) is 5.39 Å². The highest BCUT2D eigenvalue weighted by atomic mass is 19.1. The predicted octanol–water partition coefficient (Wildman–Crippen LogP) is 4.30. The molecule has 0 amide bonds. The van der Waals surface area contributed by atoms with Crippen LogP contribution >= 0.6 is 0 Å². The van der Waals surface area contributed by atoms with Gasteiger partial charge in [-0.25, -0.2) is 4.39 Å². The summed E-state index contributed by atoms with van der Waals surface area (Å²) in [6.07, 6.45) is 4.52. The molecule has 0 saturated heterocycles. The summed E-state index contributed by atoms with van der Waals surface area (Å²) >= 11 is 0. The third kappa shape index (κ3) is 3.77. The van der Waals surface area contributed by atoms with Crippen molar-refractivity contribution >= 4 is 10.8 Å². The molecule has 0 atom stereocenters. The van der Waals surface area contributed by atoms with Crippen LogP contribution in [0.2, 0.25) is 0 Å². The molecular weight excluding hydrogens is 237 g/mol. The molecule has 0 saturated carbocycles. The Hall–Kier alpha value is -1.41. The molecule has 1 nitrogen and oxygen atoms in total. The van der Waals surface area contributed by atoms with Crippen molar-refractivity contribution in [2.24, 2.45) is 0 Å². The quantitative estimate of drug-likeness (QED) is 0.731. The number of nitrogens with one attached hydrogen (secondary N) is 1. The molecule has 0 aliphatic heterocycles. The average Bonchev–Trinajstić information content (AvgIpc) is 2.45. The first kappa shape index (κ1) is 14.0. The lowest BCUT2D eigenvalue weighted by atomic mass is 10.00. The molecule has 0 unspecified atom stereocenters. The normalized spacial score (nSPS) is 11.1. The number of fused-ring (bicyclic) bond motifs is 1. The molecule has 0 bridgehead atoms. The highest BCUT2D eigenvalue weighted by Crippen LogP contribution is 2.23. The number of aryl methyl sites for hydroxylation is 1. The summed E-state index contributed by atoms with van der Waals surface area (Å²) in [5, 5.41) is 5.21. The van der Waals surface area contributed by atoms with E-state index in [-0.39, 0.29) is 5.82 Å². The molecule has 2 heteroatoms. The summed E-state index contributed by atoms with van der Waals surface area (Å²) in [6, 6.07) is 11.3. The molecule has 0 aromatic heterocycles. The fourth-order valence-electron chi connectivity index (χ4n) is 2.41. The van der Waals surface area contributed by atoms with Crippen molar-refractivity contribution in [3.63, 3.8) is 0 Å². The number of hydrogen-bond acceptors (Lipinski definition) is 1. The first-order valence-electron chi connectivity index (χ1n) is 7.19. The van der Waals surface area contributed by atoms with Crippen molar-refractivity contribution in [3.05, 3.63) is 47.8 Å². The summed E-state index contributed by atoms with van der Waals surface area (Å²) in [4.78, 5) is 0. The van der Waals surface area contributed by atoms with Crippen LogP contribution in [0.1, 0.15) is 31.7 Å². The zero-order valence-electron chi connectivity index (χ0n) is 11.6. The largest absolute Gasteiger partial charge is 0.317 e. The molecule has 0 radical (unpaired) electrons. The van der Waals surface area contributed by atoms with Gasteiger partial charge in [-0.05, 0) is 55.8 Å². The molecule has 0 aliphatic rings. The monoisotopic (exact) mass is 259 g/mol. The van der Waals surface area contributed by atoms with Crippen LogP contribution in [0.25, 0.3) is 10.8 Å². The van der Waals surface area contributed by atoms with Crippen LogP contribution < -0.4 is 5.32 Å². The van der Waals surface area contributed by atoms with E-state index in [0.717, 1.165) is 36.7 Å². The van der Waals surface area contributed by atoms with Crippen LogP contribution in [0.3, 0.4) is 0 Å². The Labute approximate surface area is 114 Å². The smallest absolute Gasteiger partial charge is 0.131 e. The second-order valence-corrected chi connectivity index (χ2v) is 4.96. The van der Waals surface area contributed by atoms with Crippen molar-refractivity contribution in [1.29, 1.82) is 0 Å². The van der Waals surface area contributed by atoms with E-state index in [4.69, 9.17) is 0 Å². The first-order valence-corrected chi connectivity index (χ1v) is 7.19. The van der Waals surface area contributed by atoms with Gasteiger partial charge in [-0.15, -0.1) is 0 Å². The molecule has 19 heavy (non-hydrogen) atoms. The van der Waals surface area contributed by atoms with Gasteiger partial charge in [-0.3, -0.25) is 0 Å². The SMILES string of the molecule is CCCNCCCCc1ccc(F)c2ccccc12. The second kappa shape index (κ2) is 7.25. The van der Waals surface area contributed by atoms with E-state index in [1.165, 1.54) is 18.4 Å². The van der Waals surface area contributed by atoms with Crippen molar-refractivity contribution in [3.8, 4) is 0 Å². The summed E-state index contributed by atoms with van der Waals surface area (Å²) in [7, 11) is 0. The Bertz CT molecular complexity index is 522. The molecule has 1 N–H and O–H groups in total. The summed E-state index contributed by atoms with van der Waals surface area (Å²) in [5.74, 6) is -0.121. The molecular formula is C17H22FN. The molecule has 2 rings (SSSR count). The third-order valence-electron chi connectivity index (χ3n) is 3.44. The zero-order valence-corrected chi connectivity index (χ0v) is 11.6. The Morgan fingerprint density at radius 3 is 2.53 bits per heavy atom. The molecule has 0 spiro atoms. The lowest BCUT2D eigenvalue weighted by Gasteiger charge is -2.08.